The van der Waals surface area contributed by atoms with Crippen molar-refractivity contribution in [1.82, 2.24) is 0 Å². The van der Waals surface area contributed by atoms with Gasteiger partial charge in [-0.3, -0.25) is 0 Å². The predicted molar refractivity (Wildman–Crippen MR) is 47.9 cm³/mol. The fraction of sp³-hybridized carbons (Fsp3) is 0. The van der Waals surface area contributed by atoms with Crippen molar-refractivity contribution in [2.75, 3.05) is 0 Å². The minimum atomic E-state index is -0.354. The van der Waals surface area contributed by atoms with Gasteiger partial charge in [-0.2, -0.15) is 0 Å². The largest absolute Gasteiger partial charge is 0.423 e. The highest BCUT2D eigenvalue weighted by atomic mass is 16.4. The molecule has 0 atom stereocenters. The van der Waals surface area contributed by atoms with E-state index in [1.807, 2.05) is 6.07 Å². The third kappa shape index (κ3) is 1.14. The smallest absolute Gasteiger partial charge is 0.336 e. The molecule has 0 saturated heterocycles. The Bertz CT molecular complexity index is 473. The summed E-state index contributed by atoms with van der Waals surface area (Å²) in [4.78, 5) is 10.8. The molecule has 0 unspecified atom stereocenters. The molecule has 2 aromatic rings. The number of fused-ring (bicyclic) bond motifs is 1. The van der Waals surface area contributed by atoms with E-state index < -0.39 is 0 Å². The molecule has 0 bridgehead atoms. The fourth-order valence-corrected chi connectivity index (χ4v) is 1.08. The highest BCUT2D eigenvalue weighted by Crippen LogP contribution is 2.07. The van der Waals surface area contributed by atoms with Gasteiger partial charge in [0.2, 0.25) is 0 Å². The quantitative estimate of drug-likeness (QED) is 0.412. The Labute approximate surface area is 70.2 Å². The number of hydrogen-bond donors (Lipinski definition) is 0. The molecule has 2 rings (SSSR count). The van der Waals surface area contributed by atoms with E-state index in [1.54, 1.807) is 18.2 Å². The molecular weight excluding hydrogens is 151 g/mol. The molecular formula is C9H5BO2. The van der Waals surface area contributed by atoms with Crippen LogP contribution in [-0.4, -0.2) is 7.85 Å². The molecule has 0 aliphatic rings. The van der Waals surface area contributed by atoms with Crippen LogP contribution >= 0.6 is 0 Å². The lowest BCUT2D eigenvalue weighted by Gasteiger charge is -1.95. The van der Waals surface area contributed by atoms with Crippen LogP contribution in [0.15, 0.2) is 39.5 Å². The molecule has 0 N–H and O–H groups in total. The fourth-order valence-electron chi connectivity index (χ4n) is 1.08. The van der Waals surface area contributed by atoms with Gasteiger partial charge < -0.3 is 4.42 Å². The Morgan fingerprint density at radius 1 is 1.17 bits per heavy atom. The van der Waals surface area contributed by atoms with Crippen molar-refractivity contribution in [1.29, 1.82) is 0 Å². The van der Waals surface area contributed by atoms with E-state index in [9.17, 15) is 4.79 Å². The Hall–Kier alpha value is -1.51. The maximum absolute atomic E-state index is 10.8. The first kappa shape index (κ1) is 7.16. The van der Waals surface area contributed by atoms with Crippen LogP contribution in [0.3, 0.4) is 0 Å². The van der Waals surface area contributed by atoms with Gasteiger partial charge >= 0.3 is 5.63 Å². The second-order valence-corrected chi connectivity index (χ2v) is 2.55. The normalized spacial score (nSPS) is 10.3. The molecule has 1 aromatic carbocycles. The van der Waals surface area contributed by atoms with Gasteiger partial charge in [0.15, 0.2) is 0 Å². The third-order valence-electron chi connectivity index (χ3n) is 1.65. The van der Waals surface area contributed by atoms with Crippen molar-refractivity contribution in [3.05, 3.63) is 40.8 Å². The molecule has 0 fully saturated rings. The molecule has 1 heterocycles. The average molecular weight is 156 g/mol. The summed E-state index contributed by atoms with van der Waals surface area (Å²) in [6.45, 7) is 0. The minimum absolute atomic E-state index is 0.354. The zero-order valence-electron chi connectivity index (χ0n) is 6.28. The van der Waals surface area contributed by atoms with Gasteiger partial charge in [-0.15, -0.1) is 0 Å². The number of benzene rings is 1. The van der Waals surface area contributed by atoms with Crippen LogP contribution in [0.25, 0.3) is 11.0 Å². The molecule has 3 heteroatoms. The van der Waals surface area contributed by atoms with E-state index in [4.69, 9.17) is 12.3 Å². The van der Waals surface area contributed by atoms with Crippen molar-refractivity contribution >= 4 is 24.3 Å². The van der Waals surface area contributed by atoms with Gasteiger partial charge in [0.1, 0.15) is 13.4 Å². The Kier molecular flexibility index (Phi) is 1.50. The molecule has 2 radical (unpaired) electrons. The summed E-state index contributed by atoms with van der Waals surface area (Å²) in [7, 11) is 5.51. The maximum atomic E-state index is 10.8. The third-order valence-corrected chi connectivity index (χ3v) is 1.65. The standard InChI is InChI=1S/C9H5BO2/c10-7-3-1-6-2-4-9(11)12-8(6)5-7/h1-5H. The van der Waals surface area contributed by atoms with E-state index in [1.165, 1.54) is 6.07 Å². The molecule has 0 saturated carbocycles. The van der Waals surface area contributed by atoms with Crippen LogP contribution in [0.5, 0.6) is 0 Å². The van der Waals surface area contributed by atoms with Gasteiger partial charge in [-0.05, 0) is 12.1 Å². The highest BCUT2D eigenvalue weighted by molar-refractivity contribution is 6.33. The van der Waals surface area contributed by atoms with Crippen LogP contribution in [0, 0.1) is 0 Å². The summed E-state index contributed by atoms with van der Waals surface area (Å²) >= 11 is 0. The van der Waals surface area contributed by atoms with Crippen molar-refractivity contribution in [3.63, 3.8) is 0 Å². The first-order chi connectivity index (χ1) is 5.75. The van der Waals surface area contributed by atoms with Gasteiger partial charge in [-0.1, -0.05) is 17.6 Å². The molecule has 0 amide bonds. The molecule has 0 spiro atoms. The molecule has 1 aromatic heterocycles. The summed E-state index contributed by atoms with van der Waals surface area (Å²) < 4.78 is 4.91. The average Bonchev–Trinajstić information content (AvgIpc) is 2.03. The molecule has 12 heavy (non-hydrogen) atoms. The van der Waals surface area contributed by atoms with Crippen molar-refractivity contribution < 1.29 is 4.42 Å². The van der Waals surface area contributed by atoms with Gasteiger partial charge in [-0.25, -0.2) is 4.79 Å². The van der Waals surface area contributed by atoms with Crippen molar-refractivity contribution in [2.24, 2.45) is 0 Å². The van der Waals surface area contributed by atoms with Gasteiger partial charge in [0.25, 0.3) is 0 Å². The first-order valence-corrected chi connectivity index (χ1v) is 3.55. The lowest BCUT2D eigenvalue weighted by Crippen LogP contribution is -2.02. The Balaban J connectivity index is 2.89. The van der Waals surface area contributed by atoms with Crippen LogP contribution < -0.4 is 11.1 Å². The Morgan fingerprint density at radius 3 is 2.75 bits per heavy atom. The monoisotopic (exact) mass is 156 g/mol. The molecule has 0 aliphatic carbocycles. The van der Waals surface area contributed by atoms with E-state index in [-0.39, 0.29) is 5.63 Å². The lowest BCUT2D eigenvalue weighted by molar-refractivity contribution is 0.561. The zero-order valence-corrected chi connectivity index (χ0v) is 6.28. The number of rotatable bonds is 0. The van der Waals surface area contributed by atoms with Crippen LogP contribution in [0.4, 0.5) is 0 Å². The summed E-state index contributed by atoms with van der Waals surface area (Å²) in [5, 5.41) is 0.879. The van der Waals surface area contributed by atoms with Crippen LogP contribution in [-0.2, 0) is 0 Å². The van der Waals surface area contributed by atoms with Crippen molar-refractivity contribution in [2.45, 2.75) is 0 Å². The summed E-state index contributed by atoms with van der Waals surface area (Å²) in [6, 6.07) is 8.31. The minimum Gasteiger partial charge on any atom is -0.423 e. The Morgan fingerprint density at radius 2 is 1.92 bits per heavy atom. The summed E-state index contributed by atoms with van der Waals surface area (Å²) in [5.74, 6) is 0. The van der Waals surface area contributed by atoms with Gasteiger partial charge in [0.05, 0.1) is 0 Å². The van der Waals surface area contributed by atoms with Gasteiger partial charge in [0, 0.05) is 11.5 Å². The van der Waals surface area contributed by atoms with E-state index in [2.05, 4.69) is 0 Å². The van der Waals surface area contributed by atoms with Crippen molar-refractivity contribution in [3.8, 4) is 0 Å². The second kappa shape index (κ2) is 2.52. The molecule has 0 aliphatic heterocycles. The second-order valence-electron chi connectivity index (χ2n) is 2.55. The summed E-state index contributed by atoms with van der Waals surface area (Å²) in [6.07, 6.45) is 0. The topological polar surface area (TPSA) is 30.2 Å². The van der Waals surface area contributed by atoms with E-state index in [0.717, 1.165) is 5.39 Å². The SMILES string of the molecule is [B]c1ccc2ccc(=O)oc2c1. The lowest BCUT2D eigenvalue weighted by atomic mass is 9.95. The first-order valence-electron chi connectivity index (χ1n) is 3.55. The van der Waals surface area contributed by atoms with E-state index >= 15 is 0 Å². The molecule has 2 nitrogen and oxygen atoms in total. The predicted octanol–water partition coefficient (Wildman–Crippen LogP) is 0.587. The highest BCUT2D eigenvalue weighted by Gasteiger charge is 1.95. The molecule has 56 valence electrons. The number of hydrogen-bond acceptors (Lipinski definition) is 2. The summed E-state index contributed by atoms with van der Waals surface area (Å²) in [5.41, 5.74) is 0.771. The zero-order chi connectivity index (χ0) is 8.55. The van der Waals surface area contributed by atoms with E-state index in [0.29, 0.717) is 11.0 Å². The van der Waals surface area contributed by atoms with Crippen LogP contribution in [0.2, 0.25) is 0 Å². The van der Waals surface area contributed by atoms with Crippen LogP contribution in [0.1, 0.15) is 0 Å². The maximum Gasteiger partial charge on any atom is 0.336 e.